The first kappa shape index (κ1) is 15.5. The van der Waals surface area contributed by atoms with E-state index in [9.17, 15) is 0 Å². The molecule has 0 saturated carbocycles. The van der Waals surface area contributed by atoms with Gasteiger partial charge in [-0.2, -0.15) is 0 Å². The molecule has 2 heterocycles. The van der Waals surface area contributed by atoms with E-state index < -0.39 is 0 Å². The maximum atomic E-state index is 2.61. The topological polar surface area (TPSA) is 3.24 Å². The van der Waals surface area contributed by atoms with Gasteiger partial charge in [-0.1, -0.05) is 55.8 Å². The lowest BCUT2D eigenvalue weighted by atomic mass is 9.85. The van der Waals surface area contributed by atoms with Crippen molar-refractivity contribution in [3.63, 3.8) is 0 Å². The summed E-state index contributed by atoms with van der Waals surface area (Å²) in [7, 11) is 0. The highest BCUT2D eigenvalue weighted by Gasteiger charge is 2.30. The minimum absolute atomic E-state index is 0.397. The van der Waals surface area contributed by atoms with Crippen LogP contribution in [0.4, 0.5) is 5.69 Å². The molecule has 0 aliphatic carbocycles. The molecule has 0 spiro atoms. The van der Waals surface area contributed by atoms with Gasteiger partial charge in [-0.15, -0.1) is 0 Å². The molecule has 0 amide bonds. The second kappa shape index (κ2) is 5.81. The van der Waals surface area contributed by atoms with Crippen LogP contribution in [0.1, 0.15) is 53.3 Å². The lowest BCUT2D eigenvalue weighted by Crippen LogP contribution is -2.36. The highest BCUT2D eigenvalue weighted by Crippen LogP contribution is 2.42. The normalized spacial score (nSPS) is 18.4. The Labute approximate surface area is 146 Å². The number of nitrogens with zero attached hydrogens (tertiary/aromatic N) is 1. The third-order valence-electron chi connectivity index (χ3n) is 5.42. The number of hydrogen-bond acceptors (Lipinski definition) is 1. The van der Waals surface area contributed by atoms with E-state index in [1.54, 1.807) is 5.56 Å². The second-order valence-corrected chi connectivity index (χ2v) is 7.89. The zero-order valence-electron chi connectivity index (χ0n) is 15.3. The summed E-state index contributed by atoms with van der Waals surface area (Å²) >= 11 is 0. The third-order valence-corrected chi connectivity index (χ3v) is 5.42. The van der Waals surface area contributed by atoms with Crippen LogP contribution in [0.2, 0.25) is 0 Å². The van der Waals surface area contributed by atoms with Crippen molar-refractivity contribution in [3.05, 3.63) is 69.8 Å². The zero-order valence-corrected chi connectivity index (χ0v) is 15.3. The number of fused-ring (bicyclic) bond motifs is 5. The standard InChI is InChI=1S/C23H27N/c1-15(2)11-18-5-6-19-7-8-22-21-13-16(3)12-17(4)20(21)9-10-24(22)23(19)14-18/h5-8,12-15,22H,9-11H2,1-4H3. The van der Waals surface area contributed by atoms with Crippen molar-refractivity contribution in [3.8, 4) is 0 Å². The SMILES string of the molecule is Cc1cc(C)c2c(c1)C1C=Cc3ccc(CC(C)C)cc3N1CC2. The van der Waals surface area contributed by atoms with Crippen molar-refractivity contribution in [1.29, 1.82) is 0 Å². The van der Waals surface area contributed by atoms with Gasteiger partial charge in [0.25, 0.3) is 0 Å². The van der Waals surface area contributed by atoms with Crippen molar-refractivity contribution in [2.45, 2.75) is 46.6 Å². The summed E-state index contributed by atoms with van der Waals surface area (Å²) in [5, 5.41) is 0. The highest BCUT2D eigenvalue weighted by molar-refractivity contribution is 5.75. The fourth-order valence-electron chi connectivity index (χ4n) is 4.42. The van der Waals surface area contributed by atoms with E-state index in [1.807, 2.05) is 0 Å². The Hall–Kier alpha value is -2.02. The second-order valence-electron chi connectivity index (χ2n) is 7.89. The Morgan fingerprint density at radius 3 is 2.75 bits per heavy atom. The zero-order chi connectivity index (χ0) is 16.8. The van der Waals surface area contributed by atoms with Crippen LogP contribution in [0.15, 0.2) is 36.4 Å². The van der Waals surface area contributed by atoms with Gasteiger partial charge in [-0.3, -0.25) is 0 Å². The lowest BCUT2D eigenvalue weighted by molar-refractivity contribution is 0.642. The van der Waals surface area contributed by atoms with Gasteiger partial charge >= 0.3 is 0 Å². The monoisotopic (exact) mass is 317 g/mol. The van der Waals surface area contributed by atoms with Crippen LogP contribution in [0, 0.1) is 19.8 Å². The molecule has 124 valence electrons. The van der Waals surface area contributed by atoms with Gasteiger partial charge in [0, 0.05) is 12.2 Å². The summed E-state index contributed by atoms with van der Waals surface area (Å²) in [6.45, 7) is 10.2. The first-order valence-corrected chi connectivity index (χ1v) is 9.20. The van der Waals surface area contributed by atoms with Crippen LogP contribution < -0.4 is 4.90 Å². The van der Waals surface area contributed by atoms with E-state index in [1.165, 1.54) is 33.5 Å². The summed E-state index contributed by atoms with van der Waals surface area (Å²) in [5.41, 5.74) is 10.2. The van der Waals surface area contributed by atoms with E-state index in [0.717, 1.165) is 19.4 Å². The van der Waals surface area contributed by atoms with Crippen molar-refractivity contribution in [1.82, 2.24) is 0 Å². The van der Waals surface area contributed by atoms with Gasteiger partial charge in [0.05, 0.1) is 6.04 Å². The molecule has 0 fully saturated rings. The number of anilines is 1. The molecule has 2 aromatic carbocycles. The molecule has 1 nitrogen and oxygen atoms in total. The molecule has 2 aliphatic heterocycles. The van der Waals surface area contributed by atoms with E-state index in [2.05, 4.69) is 75.1 Å². The number of benzene rings is 2. The van der Waals surface area contributed by atoms with E-state index in [0.29, 0.717) is 12.0 Å². The van der Waals surface area contributed by atoms with Crippen LogP contribution >= 0.6 is 0 Å². The number of hydrogen-bond donors (Lipinski definition) is 0. The predicted molar refractivity (Wildman–Crippen MR) is 104 cm³/mol. The van der Waals surface area contributed by atoms with Crippen molar-refractivity contribution < 1.29 is 0 Å². The Balaban J connectivity index is 1.78. The Kier molecular flexibility index (Phi) is 3.75. The average molecular weight is 317 g/mol. The van der Waals surface area contributed by atoms with Gasteiger partial charge < -0.3 is 4.90 Å². The largest absolute Gasteiger partial charge is 0.360 e. The number of aryl methyl sites for hydroxylation is 2. The van der Waals surface area contributed by atoms with Crippen molar-refractivity contribution in [2.75, 3.05) is 11.4 Å². The summed E-state index contributed by atoms with van der Waals surface area (Å²) in [5.74, 6) is 0.699. The summed E-state index contributed by atoms with van der Waals surface area (Å²) < 4.78 is 0. The van der Waals surface area contributed by atoms with E-state index >= 15 is 0 Å². The molecular formula is C23H27N. The van der Waals surface area contributed by atoms with Crippen LogP contribution in [0.5, 0.6) is 0 Å². The molecule has 0 saturated heterocycles. The average Bonchev–Trinajstić information content (AvgIpc) is 2.53. The molecule has 0 radical (unpaired) electrons. The minimum atomic E-state index is 0.397. The fraction of sp³-hybridized carbons (Fsp3) is 0.391. The number of rotatable bonds is 2. The van der Waals surface area contributed by atoms with Crippen molar-refractivity contribution in [2.24, 2.45) is 5.92 Å². The Morgan fingerprint density at radius 1 is 1.12 bits per heavy atom. The quantitative estimate of drug-likeness (QED) is 0.693. The summed E-state index contributed by atoms with van der Waals surface area (Å²) in [6.07, 6.45) is 7.02. The smallest absolute Gasteiger partial charge is 0.0733 e. The van der Waals surface area contributed by atoms with Gasteiger partial charge in [0.2, 0.25) is 0 Å². The first-order chi connectivity index (χ1) is 11.5. The molecule has 1 heteroatoms. The van der Waals surface area contributed by atoms with Crippen LogP contribution in [-0.2, 0) is 12.8 Å². The van der Waals surface area contributed by atoms with Crippen LogP contribution in [0.3, 0.4) is 0 Å². The van der Waals surface area contributed by atoms with E-state index in [4.69, 9.17) is 0 Å². The molecule has 24 heavy (non-hydrogen) atoms. The third kappa shape index (κ3) is 2.56. The molecular weight excluding hydrogens is 290 g/mol. The molecule has 1 atom stereocenters. The summed E-state index contributed by atoms with van der Waals surface area (Å²) in [6, 6.07) is 12.2. The van der Waals surface area contributed by atoms with E-state index in [-0.39, 0.29) is 0 Å². The van der Waals surface area contributed by atoms with Crippen molar-refractivity contribution >= 4 is 11.8 Å². The molecule has 0 aromatic heterocycles. The molecule has 0 bridgehead atoms. The molecule has 4 rings (SSSR count). The highest BCUT2D eigenvalue weighted by atomic mass is 15.2. The lowest BCUT2D eigenvalue weighted by Gasteiger charge is -2.41. The maximum Gasteiger partial charge on any atom is 0.0733 e. The molecule has 2 aromatic rings. The minimum Gasteiger partial charge on any atom is -0.360 e. The maximum absolute atomic E-state index is 2.61. The first-order valence-electron chi connectivity index (χ1n) is 9.20. The fourth-order valence-corrected chi connectivity index (χ4v) is 4.42. The van der Waals surface area contributed by atoms with Crippen LogP contribution in [0.25, 0.3) is 6.08 Å². The van der Waals surface area contributed by atoms with Gasteiger partial charge in [0.1, 0.15) is 0 Å². The van der Waals surface area contributed by atoms with Crippen LogP contribution in [-0.4, -0.2) is 6.54 Å². The Bertz CT molecular complexity index is 813. The molecule has 0 N–H and O–H groups in total. The van der Waals surface area contributed by atoms with Gasteiger partial charge in [-0.05, 0) is 66.5 Å². The van der Waals surface area contributed by atoms with Gasteiger partial charge in [-0.25, -0.2) is 0 Å². The summed E-state index contributed by atoms with van der Waals surface area (Å²) in [4.78, 5) is 2.61. The predicted octanol–water partition coefficient (Wildman–Crippen LogP) is 5.63. The molecule has 2 aliphatic rings. The van der Waals surface area contributed by atoms with Gasteiger partial charge in [0.15, 0.2) is 0 Å². The molecule has 1 unspecified atom stereocenters. The Morgan fingerprint density at radius 2 is 1.96 bits per heavy atom.